The second kappa shape index (κ2) is 8.14. The van der Waals surface area contributed by atoms with E-state index in [4.69, 9.17) is 0 Å². The van der Waals surface area contributed by atoms with Crippen molar-refractivity contribution in [3.8, 4) is 0 Å². The van der Waals surface area contributed by atoms with Crippen molar-refractivity contribution in [3.05, 3.63) is 35.4 Å². The van der Waals surface area contributed by atoms with Gasteiger partial charge < -0.3 is 5.32 Å². The monoisotopic (exact) mass is 305 g/mol. The van der Waals surface area contributed by atoms with E-state index in [0.29, 0.717) is 6.04 Å². The molecule has 0 radical (unpaired) electrons. The molecule has 5 nitrogen and oxygen atoms in total. The number of nitrogens with one attached hydrogen (secondary N) is 2. The van der Waals surface area contributed by atoms with Crippen LogP contribution in [0.2, 0.25) is 0 Å². The zero-order valence-corrected chi connectivity index (χ0v) is 13.7. The third-order valence-electron chi connectivity index (χ3n) is 3.05. The Labute approximate surface area is 130 Å². The van der Waals surface area contributed by atoms with E-state index in [-0.39, 0.29) is 0 Å². The minimum Gasteiger partial charge on any atom is -0.310 e. The number of aromatic amines is 1. The topological polar surface area (TPSA) is 66.5 Å². The molecule has 0 spiro atoms. The van der Waals surface area contributed by atoms with Crippen LogP contribution in [0.15, 0.2) is 23.6 Å². The van der Waals surface area contributed by atoms with Gasteiger partial charge in [-0.05, 0) is 26.3 Å². The Balaban J connectivity index is 1.76. The molecule has 6 heteroatoms. The van der Waals surface area contributed by atoms with Crippen LogP contribution in [-0.4, -0.2) is 32.0 Å². The first kappa shape index (κ1) is 16.0. The molecule has 0 amide bonds. The number of aryl methyl sites for hydroxylation is 1. The number of hydrogen-bond acceptors (Lipinski definition) is 5. The molecule has 1 atom stereocenters. The summed E-state index contributed by atoms with van der Waals surface area (Å²) >= 11 is 1.70. The Morgan fingerprint density at radius 1 is 1.33 bits per heavy atom. The second-order valence-electron chi connectivity index (χ2n) is 5.25. The van der Waals surface area contributed by atoms with E-state index in [1.807, 2.05) is 19.3 Å². The van der Waals surface area contributed by atoms with Crippen LogP contribution in [0.1, 0.15) is 37.2 Å². The molecule has 0 aromatic carbocycles. The number of nitrogens with zero attached hydrogens (tertiary/aromatic N) is 3. The molecule has 2 aromatic heterocycles. The number of thioether (sulfide) groups is 1. The summed E-state index contributed by atoms with van der Waals surface area (Å²) in [6.45, 7) is 7.12. The van der Waals surface area contributed by atoms with Gasteiger partial charge in [0.05, 0.1) is 5.69 Å². The maximum absolute atomic E-state index is 4.38. The molecule has 2 rings (SSSR count). The molecular formula is C15H23N5S. The molecule has 0 bridgehead atoms. The molecule has 114 valence electrons. The first-order valence-electron chi connectivity index (χ1n) is 7.35. The van der Waals surface area contributed by atoms with Crippen LogP contribution in [0.25, 0.3) is 0 Å². The fraction of sp³-hybridized carbons (Fsp3) is 0.533. The van der Waals surface area contributed by atoms with Gasteiger partial charge in [0, 0.05) is 48.4 Å². The summed E-state index contributed by atoms with van der Waals surface area (Å²) in [5.74, 6) is 1.07. The van der Waals surface area contributed by atoms with Crippen molar-refractivity contribution in [1.82, 2.24) is 25.5 Å². The van der Waals surface area contributed by atoms with Gasteiger partial charge in [-0.2, -0.15) is 5.10 Å². The molecular weight excluding hydrogens is 282 g/mol. The summed E-state index contributed by atoms with van der Waals surface area (Å²) in [6, 6.07) is 2.45. The fourth-order valence-electron chi connectivity index (χ4n) is 1.96. The summed E-state index contributed by atoms with van der Waals surface area (Å²) in [4.78, 5) is 8.75. The quantitative estimate of drug-likeness (QED) is 0.580. The van der Waals surface area contributed by atoms with Crippen molar-refractivity contribution in [1.29, 1.82) is 0 Å². The van der Waals surface area contributed by atoms with E-state index in [1.165, 1.54) is 0 Å². The number of rotatable bonds is 8. The lowest BCUT2D eigenvalue weighted by Gasteiger charge is -2.12. The van der Waals surface area contributed by atoms with Gasteiger partial charge in [0.1, 0.15) is 0 Å². The summed E-state index contributed by atoms with van der Waals surface area (Å²) < 4.78 is 0. The maximum Gasteiger partial charge on any atom is 0.187 e. The lowest BCUT2D eigenvalue weighted by atomic mass is 10.1. The van der Waals surface area contributed by atoms with E-state index >= 15 is 0 Å². The Bertz CT molecular complexity index is 537. The normalized spacial score (nSPS) is 12.5. The summed E-state index contributed by atoms with van der Waals surface area (Å²) in [6.07, 6.45) is 5.87. The van der Waals surface area contributed by atoms with Gasteiger partial charge >= 0.3 is 0 Å². The lowest BCUT2D eigenvalue weighted by molar-refractivity contribution is 0.537. The van der Waals surface area contributed by atoms with Gasteiger partial charge in [0.25, 0.3) is 0 Å². The van der Waals surface area contributed by atoms with E-state index in [1.54, 1.807) is 11.8 Å². The van der Waals surface area contributed by atoms with Crippen LogP contribution in [0.5, 0.6) is 0 Å². The highest BCUT2D eigenvalue weighted by molar-refractivity contribution is 7.99. The summed E-state index contributed by atoms with van der Waals surface area (Å²) in [5.41, 5.74) is 3.31. The van der Waals surface area contributed by atoms with Crippen LogP contribution in [0, 0.1) is 6.92 Å². The average molecular weight is 305 g/mol. The lowest BCUT2D eigenvalue weighted by Crippen LogP contribution is -2.27. The maximum atomic E-state index is 4.38. The molecule has 0 saturated heterocycles. The van der Waals surface area contributed by atoms with Crippen LogP contribution in [0.3, 0.4) is 0 Å². The van der Waals surface area contributed by atoms with Crippen LogP contribution >= 0.6 is 11.8 Å². The van der Waals surface area contributed by atoms with Crippen LogP contribution < -0.4 is 5.32 Å². The predicted molar refractivity (Wildman–Crippen MR) is 86.4 cm³/mol. The molecule has 0 aliphatic carbocycles. The van der Waals surface area contributed by atoms with Gasteiger partial charge in [-0.15, -0.1) is 0 Å². The Hall–Kier alpha value is -1.40. The molecule has 2 aromatic rings. The van der Waals surface area contributed by atoms with Crippen molar-refractivity contribution >= 4 is 11.8 Å². The van der Waals surface area contributed by atoms with Gasteiger partial charge in [0.15, 0.2) is 5.16 Å². The Kier molecular flexibility index (Phi) is 6.20. The largest absolute Gasteiger partial charge is 0.310 e. The minimum absolute atomic E-state index is 0.363. The van der Waals surface area contributed by atoms with Crippen molar-refractivity contribution in [2.24, 2.45) is 0 Å². The van der Waals surface area contributed by atoms with Crippen LogP contribution in [0.4, 0.5) is 0 Å². The minimum atomic E-state index is 0.363. The van der Waals surface area contributed by atoms with Crippen molar-refractivity contribution in [2.75, 3.05) is 5.75 Å². The average Bonchev–Trinajstić information content (AvgIpc) is 2.89. The fourth-order valence-corrected chi connectivity index (χ4v) is 2.60. The Morgan fingerprint density at radius 2 is 2.10 bits per heavy atom. The van der Waals surface area contributed by atoms with Gasteiger partial charge in [-0.25, -0.2) is 9.97 Å². The SMILES string of the molecule is CCCSc1ncc(CN[C@@H](C)Cc2cc(C)[nH]n2)cn1. The standard InChI is InChI=1S/C15H23N5S/c1-4-5-21-15-17-9-13(10-18-15)8-16-11(2)6-14-7-12(3)19-20-14/h7,9-11,16H,4-6,8H2,1-3H3,(H,19,20)/t11-/m0/s1. The zero-order valence-electron chi connectivity index (χ0n) is 12.9. The van der Waals surface area contributed by atoms with Crippen molar-refractivity contribution < 1.29 is 0 Å². The van der Waals surface area contributed by atoms with Crippen LogP contribution in [-0.2, 0) is 13.0 Å². The van der Waals surface area contributed by atoms with E-state index in [9.17, 15) is 0 Å². The van der Waals surface area contributed by atoms with E-state index in [0.717, 1.165) is 47.2 Å². The smallest absolute Gasteiger partial charge is 0.187 e. The first-order valence-corrected chi connectivity index (χ1v) is 8.34. The Morgan fingerprint density at radius 3 is 2.71 bits per heavy atom. The van der Waals surface area contributed by atoms with Gasteiger partial charge in [-0.1, -0.05) is 18.7 Å². The predicted octanol–water partition coefficient (Wildman–Crippen LogP) is 2.73. The van der Waals surface area contributed by atoms with E-state index in [2.05, 4.69) is 45.4 Å². The highest BCUT2D eigenvalue weighted by Gasteiger charge is 2.06. The second-order valence-corrected chi connectivity index (χ2v) is 6.31. The number of aromatic nitrogens is 4. The summed E-state index contributed by atoms with van der Waals surface area (Å²) in [7, 11) is 0. The first-order chi connectivity index (χ1) is 10.2. The highest BCUT2D eigenvalue weighted by Crippen LogP contribution is 2.12. The molecule has 21 heavy (non-hydrogen) atoms. The number of H-pyrrole nitrogens is 1. The molecule has 0 saturated carbocycles. The molecule has 2 N–H and O–H groups in total. The molecule has 2 heterocycles. The highest BCUT2D eigenvalue weighted by atomic mass is 32.2. The van der Waals surface area contributed by atoms with Crippen molar-refractivity contribution in [2.45, 2.75) is 51.4 Å². The number of hydrogen-bond donors (Lipinski definition) is 2. The van der Waals surface area contributed by atoms with Gasteiger partial charge in [-0.3, -0.25) is 5.10 Å². The third kappa shape index (κ3) is 5.47. The van der Waals surface area contributed by atoms with Gasteiger partial charge in [0.2, 0.25) is 0 Å². The van der Waals surface area contributed by atoms with Crippen molar-refractivity contribution in [3.63, 3.8) is 0 Å². The van der Waals surface area contributed by atoms with E-state index < -0.39 is 0 Å². The molecule has 0 aliphatic heterocycles. The third-order valence-corrected chi connectivity index (χ3v) is 4.13. The molecule has 0 unspecified atom stereocenters. The zero-order chi connectivity index (χ0) is 15.1. The molecule has 0 fully saturated rings. The molecule has 0 aliphatic rings. The summed E-state index contributed by atoms with van der Waals surface area (Å²) in [5, 5.41) is 11.6.